The molecule has 3 heterocycles. The summed E-state index contributed by atoms with van der Waals surface area (Å²) in [6.45, 7) is 0. The molecule has 12 nitrogen and oxygen atoms in total. The number of hydrazone groups is 1. The lowest BCUT2D eigenvalue weighted by Crippen LogP contribution is -2.21. The Morgan fingerprint density at radius 2 is 1.65 bits per heavy atom. The number of carbonyl (C=O) groups excluding carboxylic acids is 1. The second kappa shape index (κ2) is 5.14. The van der Waals surface area contributed by atoms with Crippen molar-refractivity contribution >= 4 is 28.7 Å². The van der Waals surface area contributed by atoms with Crippen LogP contribution in [0.25, 0.3) is 22.6 Å². The van der Waals surface area contributed by atoms with E-state index >= 15 is 0 Å². The number of anilines is 1. The van der Waals surface area contributed by atoms with Crippen molar-refractivity contribution in [2.45, 2.75) is 0 Å². The van der Waals surface area contributed by atoms with Crippen LogP contribution in [-0.2, 0) is 0 Å². The number of aromatic nitrogens is 6. The number of amides is 1. The van der Waals surface area contributed by atoms with E-state index in [0.717, 1.165) is 11.1 Å². The summed E-state index contributed by atoms with van der Waals surface area (Å²) in [5, 5.41) is 18.3. The minimum Gasteiger partial charge on any atom is -0.379 e. The van der Waals surface area contributed by atoms with Crippen LogP contribution in [0.3, 0.4) is 0 Å². The standard InChI is InChI=1S/C14H7N9O3/c15-11-10(20-25-21-11)14(24)19-18-8-6-4-2-1-3-5(6)7-9(8)17-13-12(16-7)22-26-23-13/h1-4H,(H2,15,21)(H,19,24)/b18-8+. The first kappa shape index (κ1) is 14.2. The molecule has 1 aromatic carbocycles. The van der Waals surface area contributed by atoms with Gasteiger partial charge in [0, 0.05) is 11.1 Å². The number of nitrogens with zero attached hydrogens (tertiary/aromatic N) is 7. The molecule has 12 heteroatoms. The average molecular weight is 349 g/mol. The number of fused-ring (bicyclic) bond motifs is 4. The first-order valence-electron chi connectivity index (χ1n) is 7.29. The lowest BCUT2D eigenvalue weighted by atomic mass is 10.1. The van der Waals surface area contributed by atoms with Gasteiger partial charge >= 0.3 is 0 Å². The zero-order valence-electron chi connectivity index (χ0n) is 12.7. The third-order valence-electron chi connectivity index (χ3n) is 3.77. The summed E-state index contributed by atoms with van der Waals surface area (Å²) in [6.07, 6.45) is 0. The van der Waals surface area contributed by atoms with Crippen molar-refractivity contribution in [3.05, 3.63) is 41.2 Å². The van der Waals surface area contributed by atoms with Crippen LogP contribution in [0, 0.1) is 0 Å². The molecule has 0 fully saturated rings. The Balaban J connectivity index is 1.62. The molecule has 0 aliphatic heterocycles. The third-order valence-corrected chi connectivity index (χ3v) is 3.77. The zero-order valence-corrected chi connectivity index (χ0v) is 12.7. The maximum Gasteiger partial charge on any atom is 0.297 e. The molecule has 1 aliphatic rings. The predicted octanol–water partition coefficient (Wildman–Crippen LogP) is 0.141. The van der Waals surface area contributed by atoms with Crippen LogP contribution in [0.5, 0.6) is 0 Å². The van der Waals surface area contributed by atoms with E-state index in [1.54, 1.807) is 0 Å². The first-order chi connectivity index (χ1) is 12.7. The van der Waals surface area contributed by atoms with Gasteiger partial charge in [-0.1, -0.05) is 24.3 Å². The molecule has 0 radical (unpaired) electrons. The van der Waals surface area contributed by atoms with Gasteiger partial charge in [-0.15, -0.1) is 0 Å². The molecule has 4 aromatic rings. The van der Waals surface area contributed by atoms with Crippen LogP contribution in [0.15, 0.2) is 38.6 Å². The van der Waals surface area contributed by atoms with Crippen molar-refractivity contribution in [2.75, 3.05) is 5.73 Å². The van der Waals surface area contributed by atoms with Gasteiger partial charge in [0.25, 0.3) is 5.91 Å². The van der Waals surface area contributed by atoms with Crippen molar-refractivity contribution in [3.63, 3.8) is 0 Å². The van der Waals surface area contributed by atoms with Gasteiger partial charge in [-0.3, -0.25) is 4.79 Å². The highest BCUT2D eigenvalue weighted by Gasteiger charge is 2.30. The molecular weight excluding hydrogens is 342 g/mol. The van der Waals surface area contributed by atoms with Crippen molar-refractivity contribution in [1.29, 1.82) is 0 Å². The SMILES string of the molecule is Nc1nonc1C(=O)N/N=C1\c2ccccc2-c2nc3nonc3nc21. The van der Waals surface area contributed by atoms with Crippen molar-refractivity contribution in [3.8, 4) is 11.3 Å². The molecule has 126 valence electrons. The number of hydrogen-bond acceptors (Lipinski definition) is 11. The average Bonchev–Trinajstić information content (AvgIpc) is 3.35. The summed E-state index contributed by atoms with van der Waals surface area (Å²) in [5.74, 6) is -0.801. The Hall–Kier alpha value is -4.22. The van der Waals surface area contributed by atoms with Gasteiger partial charge in [0.2, 0.25) is 22.8 Å². The lowest BCUT2D eigenvalue weighted by Gasteiger charge is -2.01. The largest absolute Gasteiger partial charge is 0.379 e. The summed E-state index contributed by atoms with van der Waals surface area (Å²) in [5.41, 5.74) is 11.2. The van der Waals surface area contributed by atoms with E-state index < -0.39 is 5.91 Å². The van der Waals surface area contributed by atoms with E-state index in [4.69, 9.17) is 5.73 Å². The molecular formula is C14H7N9O3. The molecule has 1 amide bonds. The number of nitrogens with two attached hydrogens (primary N) is 1. The topological polar surface area (TPSA) is 171 Å². The molecule has 0 spiro atoms. The summed E-state index contributed by atoms with van der Waals surface area (Å²) in [4.78, 5) is 20.9. The van der Waals surface area contributed by atoms with Crippen LogP contribution in [-0.4, -0.2) is 42.2 Å². The summed E-state index contributed by atoms with van der Waals surface area (Å²) >= 11 is 0. The van der Waals surface area contributed by atoms with Crippen molar-refractivity contribution < 1.29 is 14.1 Å². The van der Waals surface area contributed by atoms with Crippen LogP contribution in [0.4, 0.5) is 5.82 Å². The van der Waals surface area contributed by atoms with Crippen LogP contribution < -0.4 is 11.2 Å². The Bertz CT molecular complexity index is 1210. The fourth-order valence-corrected chi connectivity index (χ4v) is 2.64. The van der Waals surface area contributed by atoms with E-state index in [9.17, 15) is 4.79 Å². The Morgan fingerprint density at radius 1 is 0.962 bits per heavy atom. The number of nitrogens with one attached hydrogen (secondary N) is 1. The lowest BCUT2D eigenvalue weighted by molar-refractivity contribution is 0.0945. The van der Waals surface area contributed by atoms with Gasteiger partial charge in [-0.25, -0.2) is 24.7 Å². The smallest absolute Gasteiger partial charge is 0.297 e. The van der Waals surface area contributed by atoms with E-state index in [-0.39, 0.29) is 22.8 Å². The summed E-state index contributed by atoms with van der Waals surface area (Å²) in [6, 6.07) is 7.41. The fourth-order valence-electron chi connectivity index (χ4n) is 2.64. The normalized spacial score (nSPS) is 13.8. The molecule has 3 N–H and O–H groups in total. The minimum atomic E-state index is -0.667. The number of benzene rings is 1. The fraction of sp³-hybridized carbons (Fsp3) is 0. The van der Waals surface area contributed by atoms with Crippen LogP contribution >= 0.6 is 0 Å². The highest BCUT2D eigenvalue weighted by molar-refractivity contribution is 6.23. The second-order valence-electron chi connectivity index (χ2n) is 5.28. The van der Waals surface area contributed by atoms with E-state index in [0.29, 0.717) is 17.1 Å². The van der Waals surface area contributed by atoms with Crippen LogP contribution in [0.1, 0.15) is 21.7 Å². The van der Waals surface area contributed by atoms with Gasteiger partial charge in [0.05, 0.1) is 0 Å². The predicted molar refractivity (Wildman–Crippen MR) is 84.6 cm³/mol. The van der Waals surface area contributed by atoms with Gasteiger partial charge in [0.15, 0.2) is 0 Å². The maximum atomic E-state index is 12.1. The zero-order chi connectivity index (χ0) is 17.7. The van der Waals surface area contributed by atoms with E-state index in [1.807, 2.05) is 24.3 Å². The molecule has 5 rings (SSSR count). The van der Waals surface area contributed by atoms with Crippen molar-refractivity contribution in [1.82, 2.24) is 36.0 Å². The number of carbonyl (C=O) groups is 1. The monoisotopic (exact) mass is 349 g/mol. The summed E-state index contributed by atoms with van der Waals surface area (Å²) < 4.78 is 9.06. The molecule has 0 saturated carbocycles. The Kier molecular flexibility index (Phi) is 2.80. The Morgan fingerprint density at radius 3 is 2.38 bits per heavy atom. The van der Waals surface area contributed by atoms with Crippen LogP contribution in [0.2, 0.25) is 0 Å². The molecule has 26 heavy (non-hydrogen) atoms. The maximum absolute atomic E-state index is 12.1. The molecule has 0 unspecified atom stereocenters. The minimum absolute atomic E-state index is 0.134. The van der Waals surface area contributed by atoms with Gasteiger partial charge < -0.3 is 5.73 Å². The van der Waals surface area contributed by atoms with Gasteiger partial charge in [0.1, 0.15) is 17.1 Å². The van der Waals surface area contributed by atoms with Gasteiger partial charge in [-0.05, 0) is 20.6 Å². The molecule has 3 aromatic heterocycles. The first-order valence-corrected chi connectivity index (χ1v) is 7.29. The van der Waals surface area contributed by atoms with E-state index in [1.165, 1.54) is 0 Å². The van der Waals surface area contributed by atoms with Crippen molar-refractivity contribution in [2.24, 2.45) is 5.10 Å². The second-order valence-corrected chi connectivity index (χ2v) is 5.28. The molecule has 0 bridgehead atoms. The van der Waals surface area contributed by atoms with E-state index in [2.05, 4.69) is 50.4 Å². The number of nitrogen functional groups attached to an aromatic ring is 1. The number of hydrogen-bond donors (Lipinski definition) is 2. The molecule has 1 aliphatic carbocycles. The quantitative estimate of drug-likeness (QED) is 0.417. The molecule has 0 atom stereocenters. The highest BCUT2D eigenvalue weighted by atomic mass is 16.6. The summed E-state index contributed by atoms with van der Waals surface area (Å²) in [7, 11) is 0. The van der Waals surface area contributed by atoms with Gasteiger partial charge in [-0.2, -0.15) is 5.10 Å². The molecule has 0 saturated heterocycles. The third kappa shape index (κ3) is 1.95. The Labute approximate surface area is 143 Å². The number of rotatable bonds is 2. The highest BCUT2D eigenvalue weighted by Crippen LogP contribution is 2.34.